The van der Waals surface area contributed by atoms with Crippen LogP contribution in [0, 0.1) is 0 Å². The summed E-state index contributed by atoms with van der Waals surface area (Å²) in [4.78, 5) is 55.4. The lowest BCUT2D eigenvalue weighted by atomic mass is 10.0. The highest BCUT2D eigenvalue weighted by Gasteiger charge is 2.45. The molecular weight excluding hydrogens is 464 g/mol. The number of imide groups is 2. The van der Waals surface area contributed by atoms with Crippen molar-refractivity contribution < 1.29 is 28.3 Å². The van der Waals surface area contributed by atoms with Gasteiger partial charge in [-0.05, 0) is 43.5 Å². The van der Waals surface area contributed by atoms with Crippen molar-refractivity contribution in [2.24, 2.45) is 0 Å². The van der Waals surface area contributed by atoms with Crippen molar-refractivity contribution in [2.45, 2.75) is 44.4 Å². The van der Waals surface area contributed by atoms with Crippen LogP contribution in [0.1, 0.15) is 52.2 Å². The molecule has 3 aromatic rings. The minimum atomic E-state index is -1.02. The standard InChI is InChI=1S/C26H22N4O6/c31-21-11-10-19(23(32)29-21)30-25(33)17-5-3-6-18(22(17)26(30)34)27-12-15-13-28-24(36-15)16-4-1-2-7-20(16)35-14-8-9-14/h1-7,13-14,19,27H,8-12H2,(H,29,31,32). The molecular formula is C26H22N4O6. The second-order valence-electron chi connectivity index (χ2n) is 8.97. The number of nitrogens with one attached hydrogen (secondary N) is 2. The van der Waals surface area contributed by atoms with Crippen molar-refractivity contribution in [1.82, 2.24) is 15.2 Å². The van der Waals surface area contributed by atoms with Gasteiger partial charge in [0, 0.05) is 12.1 Å². The van der Waals surface area contributed by atoms with Crippen LogP contribution < -0.4 is 15.4 Å². The third-order valence-corrected chi connectivity index (χ3v) is 6.41. The van der Waals surface area contributed by atoms with E-state index in [-0.39, 0.29) is 36.6 Å². The molecule has 10 heteroatoms. The van der Waals surface area contributed by atoms with Gasteiger partial charge in [-0.3, -0.25) is 29.4 Å². The van der Waals surface area contributed by atoms with Gasteiger partial charge in [0.15, 0.2) is 0 Å². The van der Waals surface area contributed by atoms with Crippen LogP contribution >= 0.6 is 0 Å². The maximum absolute atomic E-state index is 13.2. The van der Waals surface area contributed by atoms with Crippen molar-refractivity contribution in [3.8, 4) is 17.2 Å². The number of fused-ring (bicyclic) bond motifs is 1. The SMILES string of the molecule is O=C1CCC(N2C(=O)c3cccc(NCc4cnc(-c5ccccc5OC5CC5)o4)c3C2=O)C(=O)N1. The number of ether oxygens (including phenoxy) is 1. The molecule has 36 heavy (non-hydrogen) atoms. The summed E-state index contributed by atoms with van der Waals surface area (Å²) in [5, 5.41) is 5.36. The summed E-state index contributed by atoms with van der Waals surface area (Å²) in [7, 11) is 0. The number of rotatable bonds is 7. The molecule has 1 saturated heterocycles. The van der Waals surface area contributed by atoms with Crippen LogP contribution in [0.15, 0.2) is 53.1 Å². The lowest BCUT2D eigenvalue weighted by Crippen LogP contribution is -2.54. The molecule has 2 N–H and O–H groups in total. The van der Waals surface area contributed by atoms with E-state index in [0.717, 1.165) is 29.1 Å². The molecule has 1 aliphatic carbocycles. The fourth-order valence-electron chi connectivity index (χ4n) is 4.47. The number of hydrogen-bond donors (Lipinski definition) is 2. The number of nitrogens with zero attached hydrogens (tertiary/aromatic N) is 2. The summed E-state index contributed by atoms with van der Waals surface area (Å²) < 4.78 is 11.9. The number of carbonyl (C=O) groups is 4. The molecule has 1 unspecified atom stereocenters. The minimum Gasteiger partial charge on any atom is -0.490 e. The quantitative estimate of drug-likeness (QED) is 0.488. The molecule has 1 atom stereocenters. The second-order valence-corrected chi connectivity index (χ2v) is 8.97. The zero-order valence-electron chi connectivity index (χ0n) is 19.2. The lowest BCUT2D eigenvalue weighted by molar-refractivity contribution is -0.136. The lowest BCUT2D eigenvalue weighted by Gasteiger charge is -2.27. The molecule has 0 radical (unpaired) electrons. The van der Waals surface area contributed by atoms with Gasteiger partial charge in [0.05, 0.1) is 35.5 Å². The zero-order valence-corrected chi connectivity index (χ0v) is 19.2. The second kappa shape index (κ2) is 8.63. The van der Waals surface area contributed by atoms with Gasteiger partial charge < -0.3 is 14.5 Å². The highest BCUT2D eigenvalue weighted by Crippen LogP contribution is 2.35. The predicted octanol–water partition coefficient (Wildman–Crippen LogP) is 2.90. The van der Waals surface area contributed by atoms with Crippen LogP contribution in [0.5, 0.6) is 5.75 Å². The summed E-state index contributed by atoms with van der Waals surface area (Å²) in [5.74, 6) is -0.503. The van der Waals surface area contributed by atoms with Crippen molar-refractivity contribution >= 4 is 29.3 Å². The molecule has 2 aromatic carbocycles. The average molecular weight is 486 g/mol. The molecule has 2 aliphatic heterocycles. The van der Waals surface area contributed by atoms with Gasteiger partial charge >= 0.3 is 0 Å². The molecule has 4 amide bonds. The molecule has 1 saturated carbocycles. The third-order valence-electron chi connectivity index (χ3n) is 6.41. The minimum absolute atomic E-state index is 0.0670. The van der Waals surface area contributed by atoms with E-state index in [1.165, 1.54) is 0 Å². The first kappa shape index (κ1) is 22.0. The van der Waals surface area contributed by atoms with Crippen LogP contribution in [0.4, 0.5) is 5.69 Å². The molecule has 0 bridgehead atoms. The van der Waals surface area contributed by atoms with E-state index >= 15 is 0 Å². The maximum Gasteiger partial charge on any atom is 0.264 e. The molecule has 6 rings (SSSR count). The van der Waals surface area contributed by atoms with Crippen molar-refractivity contribution in [3.05, 3.63) is 65.5 Å². The molecule has 182 valence electrons. The van der Waals surface area contributed by atoms with E-state index in [1.54, 1.807) is 24.4 Å². The fourth-order valence-corrected chi connectivity index (χ4v) is 4.47. The van der Waals surface area contributed by atoms with Gasteiger partial charge in [-0.25, -0.2) is 4.98 Å². The van der Waals surface area contributed by atoms with E-state index < -0.39 is 29.7 Å². The number of aromatic nitrogens is 1. The highest BCUT2D eigenvalue weighted by atomic mass is 16.5. The van der Waals surface area contributed by atoms with E-state index in [4.69, 9.17) is 9.15 Å². The van der Waals surface area contributed by atoms with E-state index in [9.17, 15) is 19.2 Å². The van der Waals surface area contributed by atoms with Gasteiger partial charge in [0.2, 0.25) is 17.7 Å². The Labute approximate surface area is 205 Å². The van der Waals surface area contributed by atoms with Crippen LogP contribution in [-0.2, 0) is 16.1 Å². The van der Waals surface area contributed by atoms with Gasteiger partial charge in [-0.15, -0.1) is 0 Å². The molecule has 3 heterocycles. The Bertz CT molecular complexity index is 1410. The molecule has 0 spiro atoms. The van der Waals surface area contributed by atoms with Gasteiger partial charge in [0.1, 0.15) is 17.6 Å². The van der Waals surface area contributed by atoms with Crippen molar-refractivity contribution in [1.29, 1.82) is 0 Å². The van der Waals surface area contributed by atoms with Crippen molar-refractivity contribution in [2.75, 3.05) is 5.32 Å². The van der Waals surface area contributed by atoms with Crippen molar-refractivity contribution in [3.63, 3.8) is 0 Å². The maximum atomic E-state index is 13.2. The fraction of sp³-hybridized carbons (Fsp3) is 0.269. The Balaban J connectivity index is 1.20. The summed E-state index contributed by atoms with van der Waals surface area (Å²) >= 11 is 0. The van der Waals surface area contributed by atoms with Crippen LogP contribution in [0.3, 0.4) is 0 Å². The Morgan fingerprint density at radius 3 is 2.61 bits per heavy atom. The normalized spacial score (nSPS) is 19.3. The van der Waals surface area contributed by atoms with Gasteiger partial charge in [0.25, 0.3) is 11.8 Å². The van der Waals surface area contributed by atoms with Crippen LogP contribution in [0.25, 0.3) is 11.5 Å². The zero-order chi connectivity index (χ0) is 24.8. The number of carbonyl (C=O) groups excluding carboxylic acids is 4. The van der Waals surface area contributed by atoms with Crippen LogP contribution in [0.2, 0.25) is 0 Å². The Hall–Kier alpha value is -4.47. The number of amides is 4. The summed E-state index contributed by atoms with van der Waals surface area (Å²) in [6.07, 6.45) is 4.09. The third kappa shape index (κ3) is 3.90. The first-order chi connectivity index (χ1) is 17.5. The smallest absolute Gasteiger partial charge is 0.264 e. The topological polar surface area (TPSA) is 131 Å². The van der Waals surface area contributed by atoms with Gasteiger partial charge in [-0.1, -0.05) is 18.2 Å². The van der Waals surface area contributed by atoms with E-state index in [0.29, 0.717) is 17.3 Å². The number of piperidine rings is 1. The largest absolute Gasteiger partial charge is 0.490 e. The van der Waals surface area contributed by atoms with E-state index in [1.807, 2.05) is 24.3 Å². The Kier molecular flexibility index (Phi) is 5.28. The molecule has 3 aliphatic rings. The van der Waals surface area contributed by atoms with E-state index in [2.05, 4.69) is 15.6 Å². The first-order valence-corrected chi connectivity index (χ1v) is 11.8. The predicted molar refractivity (Wildman–Crippen MR) is 126 cm³/mol. The number of para-hydroxylation sites is 1. The number of oxazole rings is 1. The molecule has 1 aromatic heterocycles. The Morgan fingerprint density at radius 2 is 1.81 bits per heavy atom. The number of anilines is 1. The average Bonchev–Trinajstić information content (AvgIpc) is 3.50. The molecule has 10 nitrogen and oxygen atoms in total. The first-order valence-electron chi connectivity index (χ1n) is 11.8. The number of benzene rings is 2. The number of hydrogen-bond acceptors (Lipinski definition) is 8. The highest BCUT2D eigenvalue weighted by molar-refractivity contribution is 6.25. The monoisotopic (exact) mass is 486 g/mol. The van der Waals surface area contributed by atoms with Crippen LogP contribution in [-0.4, -0.2) is 45.7 Å². The summed E-state index contributed by atoms with van der Waals surface area (Å²) in [5.41, 5.74) is 1.60. The molecule has 2 fully saturated rings. The summed E-state index contributed by atoms with van der Waals surface area (Å²) in [6.45, 7) is 0.217. The summed E-state index contributed by atoms with van der Waals surface area (Å²) in [6, 6.07) is 11.5. The van der Waals surface area contributed by atoms with Gasteiger partial charge in [-0.2, -0.15) is 0 Å². The Morgan fingerprint density at radius 1 is 1.00 bits per heavy atom.